The first-order valence-corrected chi connectivity index (χ1v) is 7.22. The SMILES string of the molecule is Clc1cccc(Cn2nnnc2-c2cc(Cl)cc(Cl)c2)c1. The van der Waals surface area contributed by atoms with Gasteiger partial charge in [-0.05, 0) is 46.3 Å². The Balaban J connectivity index is 1.97. The summed E-state index contributed by atoms with van der Waals surface area (Å²) >= 11 is 18.0. The normalized spacial score (nSPS) is 10.8. The van der Waals surface area contributed by atoms with Crippen LogP contribution in [0.5, 0.6) is 0 Å². The maximum absolute atomic E-state index is 6.02. The van der Waals surface area contributed by atoms with Gasteiger partial charge in [0.05, 0.1) is 6.54 Å². The van der Waals surface area contributed by atoms with Gasteiger partial charge >= 0.3 is 0 Å². The highest BCUT2D eigenvalue weighted by Gasteiger charge is 2.11. The minimum Gasteiger partial charge on any atom is -0.221 e. The van der Waals surface area contributed by atoms with Crippen LogP contribution in [0.3, 0.4) is 0 Å². The highest BCUT2D eigenvalue weighted by molar-refractivity contribution is 6.35. The lowest BCUT2D eigenvalue weighted by Crippen LogP contribution is -2.04. The Kier molecular flexibility index (Phi) is 4.10. The molecule has 0 unspecified atom stereocenters. The van der Waals surface area contributed by atoms with Gasteiger partial charge in [0.2, 0.25) is 0 Å². The molecule has 106 valence electrons. The fraction of sp³-hybridized carbons (Fsp3) is 0.0714. The van der Waals surface area contributed by atoms with E-state index < -0.39 is 0 Å². The molecule has 0 N–H and O–H groups in total. The number of hydrogen-bond acceptors (Lipinski definition) is 3. The van der Waals surface area contributed by atoms with E-state index in [0.717, 1.165) is 11.1 Å². The Morgan fingerprint density at radius 2 is 1.67 bits per heavy atom. The summed E-state index contributed by atoms with van der Waals surface area (Å²) in [6.07, 6.45) is 0. The fourth-order valence-corrected chi connectivity index (χ4v) is 2.75. The number of benzene rings is 2. The van der Waals surface area contributed by atoms with Gasteiger partial charge in [-0.1, -0.05) is 46.9 Å². The molecule has 1 aromatic heterocycles. The average molecular weight is 340 g/mol. The number of rotatable bonds is 3. The summed E-state index contributed by atoms with van der Waals surface area (Å²) < 4.78 is 1.67. The highest BCUT2D eigenvalue weighted by Crippen LogP contribution is 2.26. The smallest absolute Gasteiger partial charge is 0.182 e. The molecule has 0 aliphatic rings. The molecule has 3 aromatic rings. The zero-order chi connectivity index (χ0) is 14.8. The minimum atomic E-state index is 0.507. The van der Waals surface area contributed by atoms with E-state index in [0.29, 0.717) is 27.4 Å². The van der Waals surface area contributed by atoms with Gasteiger partial charge in [0, 0.05) is 20.6 Å². The predicted molar refractivity (Wildman–Crippen MR) is 83.8 cm³/mol. The number of halogens is 3. The van der Waals surface area contributed by atoms with Crippen LogP contribution in [-0.4, -0.2) is 20.2 Å². The maximum Gasteiger partial charge on any atom is 0.182 e. The molecule has 0 fully saturated rings. The lowest BCUT2D eigenvalue weighted by molar-refractivity contribution is 0.653. The predicted octanol–water partition coefficient (Wildman–Crippen LogP) is 4.35. The molecule has 0 saturated carbocycles. The molecule has 21 heavy (non-hydrogen) atoms. The standard InChI is InChI=1S/C14H9Cl3N4/c15-11-3-1-2-9(4-11)8-21-14(18-19-20-21)10-5-12(16)7-13(17)6-10/h1-7H,8H2. The molecule has 2 aromatic carbocycles. The average Bonchev–Trinajstić information content (AvgIpc) is 2.85. The molecule has 0 aliphatic carbocycles. The van der Waals surface area contributed by atoms with Gasteiger partial charge in [0.1, 0.15) is 0 Å². The first-order chi connectivity index (χ1) is 10.1. The van der Waals surface area contributed by atoms with Gasteiger partial charge in [-0.15, -0.1) is 5.10 Å². The van der Waals surface area contributed by atoms with Crippen molar-refractivity contribution in [2.75, 3.05) is 0 Å². The Labute approximate surface area is 136 Å². The summed E-state index contributed by atoms with van der Waals surface area (Å²) in [6.45, 7) is 0.507. The van der Waals surface area contributed by atoms with E-state index in [-0.39, 0.29) is 0 Å². The molecule has 3 rings (SSSR count). The maximum atomic E-state index is 6.02. The van der Waals surface area contributed by atoms with E-state index in [1.54, 1.807) is 22.9 Å². The summed E-state index contributed by atoms with van der Waals surface area (Å²) in [7, 11) is 0. The number of hydrogen-bond donors (Lipinski definition) is 0. The van der Waals surface area contributed by atoms with Gasteiger partial charge < -0.3 is 0 Å². The van der Waals surface area contributed by atoms with E-state index in [2.05, 4.69) is 15.5 Å². The van der Waals surface area contributed by atoms with Crippen LogP contribution >= 0.6 is 34.8 Å². The van der Waals surface area contributed by atoms with E-state index in [1.807, 2.05) is 24.3 Å². The fourth-order valence-electron chi connectivity index (χ4n) is 2.01. The van der Waals surface area contributed by atoms with Crippen molar-refractivity contribution in [1.82, 2.24) is 20.2 Å². The van der Waals surface area contributed by atoms with Gasteiger partial charge in [-0.3, -0.25) is 0 Å². The van der Waals surface area contributed by atoms with Crippen molar-refractivity contribution in [3.8, 4) is 11.4 Å². The molecule has 0 saturated heterocycles. The van der Waals surface area contributed by atoms with E-state index in [1.165, 1.54) is 0 Å². The molecule has 0 atom stereocenters. The second-order valence-corrected chi connectivity index (χ2v) is 5.76. The van der Waals surface area contributed by atoms with Crippen LogP contribution in [0.2, 0.25) is 15.1 Å². The molecule has 0 spiro atoms. The van der Waals surface area contributed by atoms with Crippen molar-refractivity contribution in [1.29, 1.82) is 0 Å². The molecule has 0 amide bonds. The van der Waals surface area contributed by atoms with Gasteiger partial charge in [0.15, 0.2) is 5.82 Å². The second kappa shape index (κ2) is 6.02. The summed E-state index contributed by atoms with van der Waals surface area (Å²) in [5, 5.41) is 13.5. The van der Waals surface area contributed by atoms with Crippen LogP contribution in [0, 0.1) is 0 Å². The first-order valence-electron chi connectivity index (χ1n) is 6.09. The zero-order valence-corrected chi connectivity index (χ0v) is 12.9. The Morgan fingerprint density at radius 3 is 2.38 bits per heavy atom. The molecule has 7 heteroatoms. The second-order valence-electron chi connectivity index (χ2n) is 4.45. The minimum absolute atomic E-state index is 0.507. The third kappa shape index (κ3) is 3.35. The van der Waals surface area contributed by atoms with Crippen LogP contribution < -0.4 is 0 Å². The number of nitrogens with zero attached hydrogens (tertiary/aromatic N) is 4. The lowest BCUT2D eigenvalue weighted by Gasteiger charge is -2.06. The summed E-state index contributed by atoms with van der Waals surface area (Å²) in [6, 6.07) is 12.7. The van der Waals surface area contributed by atoms with Crippen molar-refractivity contribution in [3.05, 3.63) is 63.1 Å². The Hall–Kier alpha value is -1.62. The van der Waals surface area contributed by atoms with Crippen LogP contribution in [-0.2, 0) is 6.54 Å². The van der Waals surface area contributed by atoms with E-state index in [4.69, 9.17) is 34.8 Å². The van der Waals surface area contributed by atoms with Crippen molar-refractivity contribution in [2.45, 2.75) is 6.54 Å². The Morgan fingerprint density at radius 1 is 0.905 bits per heavy atom. The van der Waals surface area contributed by atoms with Gasteiger partial charge in [-0.25, -0.2) is 4.68 Å². The van der Waals surface area contributed by atoms with Crippen LogP contribution in [0.1, 0.15) is 5.56 Å². The van der Waals surface area contributed by atoms with E-state index in [9.17, 15) is 0 Å². The third-order valence-corrected chi connectivity index (χ3v) is 3.55. The molecule has 1 heterocycles. The first kappa shape index (κ1) is 14.3. The molecular formula is C14H9Cl3N4. The third-order valence-electron chi connectivity index (χ3n) is 2.87. The monoisotopic (exact) mass is 338 g/mol. The molecule has 0 radical (unpaired) electrons. The highest BCUT2D eigenvalue weighted by atomic mass is 35.5. The quantitative estimate of drug-likeness (QED) is 0.712. The molecular weight excluding hydrogens is 331 g/mol. The van der Waals surface area contributed by atoms with Crippen molar-refractivity contribution < 1.29 is 0 Å². The van der Waals surface area contributed by atoms with Gasteiger partial charge in [-0.2, -0.15) is 0 Å². The van der Waals surface area contributed by atoms with Crippen LogP contribution in [0.15, 0.2) is 42.5 Å². The molecule has 0 aliphatic heterocycles. The Bertz CT molecular complexity index is 765. The molecule has 4 nitrogen and oxygen atoms in total. The number of aromatic nitrogens is 4. The van der Waals surface area contributed by atoms with Crippen molar-refractivity contribution in [2.24, 2.45) is 0 Å². The summed E-state index contributed by atoms with van der Waals surface area (Å²) in [4.78, 5) is 0. The topological polar surface area (TPSA) is 43.6 Å². The summed E-state index contributed by atoms with van der Waals surface area (Å²) in [5.41, 5.74) is 1.77. The van der Waals surface area contributed by atoms with Crippen LogP contribution in [0.4, 0.5) is 0 Å². The summed E-state index contributed by atoms with van der Waals surface area (Å²) in [5.74, 6) is 0.597. The lowest BCUT2D eigenvalue weighted by atomic mass is 10.2. The van der Waals surface area contributed by atoms with Crippen LogP contribution in [0.25, 0.3) is 11.4 Å². The zero-order valence-electron chi connectivity index (χ0n) is 10.7. The van der Waals surface area contributed by atoms with Gasteiger partial charge in [0.25, 0.3) is 0 Å². The number of tetrazole rings is 1. The van der Waals surface area contributed by atoms with Crippen molar-refractivity contribution in [3.63, 3.8) is 0 Å². The van der Waals surface area contributed by atoms with Crippen molar-refractivity contribution >= 4 is 34.8 Å². The largest absolute Gasteiger partial charge is 0.221 e. The van der Waals surface area contributed by atoms with E-state index >= 15 is 0 Å². The molecule has 0 bridgehead atoms.